The molecule has 2 N–H and O–H groups in total. The number of carbonyl (C=O) groups excluding carboxylic acids is 1. The van der Waals surface area contributed by atoms with Gasteiger partial charge in [-0.1, -0.05) is 6.07 Å². The molecule has 0 aliphatic carbocycles. The molecule has 0 aliphatic heterocycles. The molecule has 0 bridgehead atoms. The van der Waals surface area contributed by atoms with Gasteiger partial charge >= 0.3 is 0 Å². The zero-order valence-corrected chi connectivity index (χ0v) is 12.8. The van der Waals surface area contributed by atoms with E-state index in [1.807, 2.05) is 0 Å². The molecule has 0 unspecified atom stereocenters. The second-order valence-corrected chi connectivity index (χ2v) is 5.33. The molecule has 0 heterocycles. The van der Waals surface area contributed by atoms with E-state index in [0.717, 1.165) is 0 Å². The van der Waals surface area contributed by atoms with Gasteiger partial charge in [-0.15, -0.1) is 0 Å². The number of rotatable bonds is 4. The lowest BCUT2D eigenvalue weighted by Gasteiger charge is -2.10. The van der Waals surface area contributed by atoms with Crippen molar-refractivity contribution in [1.29, 1.82) is 0 Å². The van der Waals surface area contributed by atoms with Crippen molar-refractivity contribution in [3.63, 3.8) is 0 Å². The standard InChI is InChI=1S/C15H13BrF2N2O/c1-9(21)20-11-3-5-13(17)15(7-11)19-8-10-2-4-12(16)14(18)6-10/h2-7,19H,8H2,1H3,(H,20,21). The summed E-state index contributed by atoms with van der Waals surface area (Å²) in [6, 6.07) is 8.92. The molecule has 0 aliphatic rings. The minimum atomic E-state index is -0.443. The van der Waals surface area contributed by atoms with Crippen LogP contribution in [0.3, 0.4) is 0 Å². The summed E-state index contributed by atoms with van der Waals surface area (Å²) in [6.07, 6.45) is 0. The highest BCUT2D eigenvalue weighted by Gasteiger charge is 2.06. The first-order valence-corrected chi connectivity index (χ1v) is 7.00. The number of anilines is 2. The van der Waals surface area contributed by atoms with Crippen LogP contribution in [0.1, 0.15) is 12.5 Å². The van der Waals surface area contributed by atoms with Gasteiger partial charge in [0.25, 0.3) is 0 Å². The zero-order chi connectivity index (χ0) is 15.4. The topological polar surface area (TPSA) is 41.1 Å². The highest BCUT2D eigenvalue weighted by Crippen LogP contribution is 2.21. The average Bonchev–Trinajstić information content (AvgIpc) is 2.42. The van der Waals surface area contributed by atoms with Crippen LogP contribution >= 0.6 is 15.9 Å². The second kappa shape index (κ2) is 6.67. The number of hydrogen-bond donors (Lipinski definition) is 2. The predicted octanol–water partition coefficient (Wildman–Crippen LogP) is 4.30. The third-order valence-corrected chi connectivity index (χ3v) is 3.40. The Morgan fingerprint density at radius 2 is 1.90 bits per heavy atom. The van der Waals surface area contributed by atoms with E-state index in [2.05, 4.69) is 26.6 Å². The molecule has 2 aromatic carbocycles. The molecule has 0 spiro atoms. The molecule has 0 saturated heterocycles. The van der Waals surface area contributed by atoms with Crippen LogP contribution in [0, 0.1) is 11.6 Å². The molecular formula is C15H13BrF2N2O. The van der Waals surface area contributed by atoms with Crippen LogP contribution in [0.5, 0.6) is 0 Å². The minimum Gasteiger partial charge on any atom is -0.379 e. The van der Waals surface area contributed by atoms with Gasteiger partial charge in [0.1, 0.15) is 11.6 Å². The summed E-state index contributed by atoms with van der Waals surface area (Å²) < 4.78 is 27.5. The van der Waals surface area contributed by atoms with E-state index >= 15 is 0 Å². The molecule has 0 radical (unpaired) electrons. The van der Waals surface area contributed by atoms with Crippen molar-refractivity contribution in [3.8, 4) is 0 Å². The van der Waals surface area contributed by atoms with Crippen molar-refractivity contribution in [3.05, 3.63) is 58.1 Å². The first kappa shape index (κ1) is 15.4. The summed E-state index contributed by atoms with van der Waals surface area (Å²) in [4.78, 5) is 11.0. The number of halogens is 3. The molecule has 2 aromatic rings. The molecule has 1 amide bonds. The van der Waals surface area contributed by atoms with E-state index < -0.39 is 5.82 Å². The Morgan fingerprint density at radius 1 is 1.14 bits per heavy atom. The number of carbonyl (C=O) groups is 1. The molecule has 21 heavy (non-hydrogen) atoms. The zero-order valence-electron chi connectivity index (χ0n) is 11.2. The number of benzene rings is 2. The van der Waals surface area contributed by atoms with Gasteiger partial charge in [-0.2, -0.15) is 0 Å². The molecule has 3 nitrogen and oxygen atoms in total. The lowest BCUT2D eigenvalue weighted by atomic mass is 10.2. The first-order chi connectivity index (χ1) is 9.95. The smallest absolute Gasteiger partial charge is 0.221 e. The van der Waals surface area contributed by atoms with Crippen LogP contribution in [0.2, 0.25) is 0 Å². The number of nitrogens with one attached hydrogen (secondary N) is 2. The largest absolute Gasteiger partial charge is 0.379 e. The summed E-state index contributed by atoms with van der Waals surface area (Å²) in [5.74, 6) is -1.05. The Labute approximate surface area is 129 Å². The highest BCUT2D eigenvalue weighted by molar-refractivity contribution is 9.10. The van der Waals surface area contributed by atoms with Crippen molar-refractivity contribution < 1.29 is 13.6 Å². The third kappa shape index (κ3) is 4.26. The molecule has 0 fully saturated rings. The van der Waals surface area contributed by atoms with E-state index in [0.29, 0.717) is 15.7 Å². The van der Waals surface area contributed by atoms with Gasteiger partial charge in [-0.3, -0.25) is 4.79 Å². The fraction of sp³-hybridized carbons (Fsp3) is 0.133. The van der Waals surface area contributed by atoms with Gasteiger partial charge in [-0.05, 0) is 51.8 Å². The third-order valence-electron chi connectivity index (χ3n) is 2.75. The maximum atomic E-state index is 13.7. The van der Waals surface area contributed by atoms with E-state index in [-0.39, 0.29) is 24.0 Å². The fourth-order valence-corrected chi connectivity index (χ4v) is 2.04. The summed E-state index contributed by atoms with van der Waals surface area (Å²) in [5, 5.41) is 5.46. The van der Waals surface area contributed by atoms with Gasteiger partial charge in [-0.25, -0.2) is 8.78 Å². The highest BCUT2D eigenvalue weighted by atomic mass is 79.9. The van der Waals surface area contributed by atoms with Crippen LogP contribution < -0.4 is 10.6 Å². The number of hydrogen-bond acceptors (Lipinski definition) is 2. The van der Waals surface area contributed by atoms with Crippen molar-refractivity contribution in [1.82, 2.24) is 0 Å². The molecular weight excluding hydrogens is 342 g/mol. The van der Waals surface area contributed by atoms with Crippen molar-refractivity contribution in [2.45, 2.75) is 13.5 Å². The van der Waals surface area contributed by atoms with Crippen LogP contribution in [-0.2, 0) is 11.3 Å². The molecule has 110 valence electrons. The van der Waals surface area contributed by atoms with E-state index in [4.69, 9.17) is 0 Å². The summed E-state index contributed by atoms with van der Waals surface area (Å²) in [5.41, 5.74) is 1.41. The van der Waals surface area contributed by atoms with Crippen LogP contribution in [0.4, 0.5) is 20.2 Å². The normalized spacial score (nSPS) is 10.3. The Morgan fingerprint density at radius 3 is 2.57 bits per heavy atom. The summed E-state index contributed by atoms with van der Waals surface area (Å²) in [6.45, 7) is 1.64. The lowest BCUT2D eigenvalue weighted by molar-refractivity contribution is -0.114. The maximum Gasteiger partial charge on any atom is 0.221 e. The molecule has 2 rings (SSSR count). The Hall–Kier alpha value is -1.95. The molecule has 6 heteroatoms. The van der Waals surface area contributed by atoms with E-state index in [1.54, 1.807) is 12.1 Å². The van der Waals surface area contributed by atoms with Crippen molar-refractivity contribution in [2.75, 3.05) is 10.6 Å². The predicted molar refractivity (Wildman–Crippen MR) is 82.1 cm³/mol. The van der Waals surface area contributed by atoms with Crippen LogP contribution in [0.15, 0.2) is 40.9 Å². The van der Waals surface area contributed by atoms with Gasteiger partial charge in [0.2, 0.25) is 5.91 Å². The van der Waals surface area contributed by atoms with Gasteiger partial charge in [0.15, 0.2) is 0 Å². The van der Waals surface area contributed by atoms with Crippen LogP contribution in [-0.4, -0.2) is 5.91 Å². The maximum absolute atomic E-state index is 13.7. The van der Waals surface area contributed by atoms with Crippen molar-refractivity contribution >= 4 is 33.2 Å². The monoisotopic (exact) mass is 354 g/mol. The summed E-state index contributed by atoms with van der Waals surface area (Å²) >= 11 is 3.07. The Balaban J connectivity index is 2.11. The van der Waals surface area contributed by atoms with E-state index in [1.165, 1.54) is 31.2 Å². The number of amides is 1. The van der Waals surface area contributed by atoms with Gasteiger partial charge in [0, 0.05) is 19.2 Å². The second-order valence-electron chi connectivity index (χ2n) is 4.48. The van der Waals surface area contributed by atoms with Gasteiger partial charge in [0.05, 0.1) is 10.2 Å². The minimum absolute atomic E-state index is 0.234. The van der Waals surface area contributed by atoms with E-state index in [9.17, 15) is 13.6 Å². The quantitative estimate of drug-likeness (QED) is 0.859. The SMILES string of the molecule is CC(=O)Nc1ccc(F)c(NCc2ccc(Br)c(F)c2)c1. The molecule has 0 saturated carbocycles. The molecule has 0 atom stereocenters. The Kier molecular flexibility index (Phi) is 4.90. The first-order valence-electron chi connectivity index (χ1n) is 6.20. The molecule has 0 aromatic heterocycles. The van der Waals surface area contributed by atoms with Crippen LogP contribution in [0.25, 0.3) is 0 Å². The van der Waals surface area contributed by atoms with Gasteiger partial charge < -0.3 is 10.6 Å². The summed E-state index contributed by atoms with van der Waals surface area (Å²) in [7, 11) is 0. The Bertz CT molecular complexity index is 677. The fourth-order valence-electron chi connectivity index (χ4n) is 1.79. The lowest BCUT2D eigenvalue weighted by Crippen LogP contribution is -2.07. The average molecular weight is 355 g/mol. The van der Waals surface area contributed by atoms with Crippen molar-refractivity contribution in [2.24, 2.45) is 0 Å².